The molecule has 5 nitrogen and oxygen atoms in total. The van der Waals surface area contributed by atoms with Crippen LogP contribution < -0.4 is 0 Å². The number of halogens is 3. The molecule has 1 saturated carbocycles. The molecule has 1 rings (SSSR count). The van der Waals surface area contributed by atoms with Gasteiger partial charge < -0.3 is 4.74 Å². The monoisotopic (exact) mass is 349 g/mol. The van der Waals surface area contributed by atoms with E-state index in [1.807, 2.05) is 0 Å². The number of alkyl halides is 3. The highest BCUT2D eigenvalue weighted by molar-refractivity contribution is 5.69. The maximum absolute atomic E-state index is 12.4. The zero-order valence-corrected chi connectivity index (χ0v) is 14.4. The number of azide groups is 1. The second-order valence-electron chi connectivity index (χ2n) is 7.07. The van der Waals surface area contributed by atoms with Crippen LogP contribution in [-0.4, -0.2) is 24.3 Å². The molecule has 0 bridgehead atoms. The fraction of sp³-hybridized carbons (Fsp3) is 0.938. The quantitative estimate of drug-likeness (QED) is 0.267. The normalized spacial score (nSPS) is 25.9. The van der Waals surface area contributed by atoms with Crippen molar-refractivity contribution in [1.82, 2.24) is 0 Å². The summed E-state index contributed by atoms with van der Waals surface area (Å²) >= 11 is 0. The SMILES string of the molecule is CC1CCC(C(C)C)C(OC(=O)CCC(CC(F)(F)F)N=[N+]=[N-])C1. The lowest BCUT2D eigenvalue weighted by Gasteiger charge is -2.36. The highest BCUT2D eigenvalue weighted by Crippen LogP contribution is 2.35. The molecule has 138 valence electrons. The van der Waals surface area contributed by atoms with Gasteiger partial charge >= 0.3 is 12.1 Å². The summed E-state index contributed by atoms with van der Waals surface area (Å²) in [6.07, 6.45) is -3.28. The van der Waals surface area contributed by atoms with Crippen molar-refractivity contribution < 1.29 is 22.7 Å². The van der Waals surface area contributed by atoms with Crippen LogP contribution in [0.25, 0.3) is 10.4 Å². The van der Waals surface area contributed by atoms with E-state index in [0.717, 1.165) is 19.3 Å². The van der Waals surface area contributed by atoms with Gasteiger partial charge in [-0.05, 0) is 42.5 Å². The van der Waals surface area contributed by atoms with Crippen molar-refractivity contribution in [1.29, 1.82) is 0 Å². The van der Waals surface area contributed by atoms with Gasteiger partial charge in [0, 0.05) is 17.4 Å². The minimum absolute atomic E-state index is 0.156. The number of carbonyl (C=O) groups is 1. The number of hydrogen-bond acceptors (Lipinski definition) is 3. The molecule has 0 spiro atoms. The van der Waals surface area contributed by atoms with Gasteiger partial charge in [0.1, 0.15) is 6.10 Å². The topological polar surface area (TPSA) is 75.1 Å². The third-order valence-electron chi connectivity index (χ3n) is 4.61. The summed E-state index contributed by atoms with van der Waals surface area (Å²) in [5.41, 5.74) is 8.36. The van der Waals surface area contributed by atoms with Gasteiger partial charge in [-0.1, -0.05) is 32.3 Å². The summed E-state index contributed by atoms with van der Waals surface area (Å²) in [4.78, 5) is 14.5. The summed E-state index contributed by atoms with van der Waals surface area (Å²) < 4.78 is 42.8. The Morgan fingerprint density at radius 3 is 2.58 bits per heavy atom. The summed E-state index contributed by atoms with van der Waals surface area (Å²) in [6.45, 7) is 6.28. The third kappa shape index (κ3) is 7.43. The maximum Gasteiger partial charge on any atom is 0.389 e. The summed E-state index contributed by atoms with van der Waals surface area (Å²) in [5, 5.41) is 3.14. The molecule has 0 aromatic rings. The van der Waals surface area contributed by atoms with Gasteiger partial charge in [0.2, 0.25) is 0 Å². The van der Waals surface area contributed by atoms with E-state index < -0.39 is 24.6 Å². The van der Waals surface area contributed by atoms with Gasteiger partial charge in [-0.2, -0.15) is 13.2 Å². The Labute approximate surface area is 140 Å². The molecule has 0 saturated heterocycles. The van der Waals surface area contributed by atoms with Crippen LogP contribution in [0.4, 0.5) is 13.2 Å². The van der Waals surface area contributed by atoms with Gasteiger partial charge in [0.15, 0.2) is 0 Å². The van der Waals surface area contributed by atoms with Crippen LogP contribution in [-0.2, 0) is 9.53 Å². The van der Waals surface area contributed by atoms with Crippen LogP contribution in [0.2, 0.25) is 0 Å². The molecule has 0 aromatic carbocycles. The molecule has 0 N–H and O–H groups in total. The van der Waals surface area contributed by atoms with E-state index in [9.17, 15) is 18.0 Å². The molecule has 1 fully saturated rings. The van der Waals surface area contributed by atoms with E-state index in [-0.39, 0.29) is 24.9 Å². The first kappa shape index (κ1) is 20.6. The number of carbonyl (C=O) groups excluding carboxylic acids is 1. The molecule has 4 atom stereocenters. The van der Waals surface area contributed by atoms with E-state index in [1.54, 1.807) is 0 Å². The number of ether oxygens (including phenoxy) is 1. The van der Waals surface area contributed by atoms with E-state index in [2.05, 4.69) is 30.8 Å². The van der Waals surface area contributed by atoms with Gasteiger partial charge in [-0.3, -0.25) is 4.79 Å². The van der Waals surface area contributed by atoms with E-state index in [1.165, 1.54) is 0 Å². The highest BCUT2D eigenvalue weighted by Gasteiger charge is 2.34. The molecule has 1 aliphatic rings. The van der Waals surface area contributed by atoms with Gasteiger partial charge in [-0.15, -0.1) is 0 Å². The second kappa shape index (κ2) is 9.16. The van der Waals surface area contributed by atoms with Crippen molar-refractivity contribution in [3.05, 3.63) is 10.4 Å². The van der Waals surface area contributed by atoms with Crippen LogP contribution >= 0.6 is 0 Å². The van der Waals surface area contributed by atoms with Crippen LogP contribution in [0, 0.1) is 17.8 Å². The number of esters is 1. The Bertz CT molecular complexity index is 462. The Balaban J connectivity index is 2.55. The third-order valence-corrected chi connectivity index (χ3v) is 4.61. The molecule has 0 amide bonds. The lowest BCUT2D eigenvalue weighted by molar-refractivity contribution is -0.157. The molecule has 0 aromatic heterocycles. The smallest absolute Gasteiger partial charge is 0.389 e. The average molecular weight is 349 g/mol. The van der Waals surface area contributed by atoms with Gasteiger partial charge in [-0.25, -0.2) is 0 Å². The molecule has 4 unspecified atom stereocenters. The zero-order chi connectivity index (χ0) is 18.3. The van der Waals surface area contributed by atoms with Crippen LogP contribution in [0.1, 0.15) is 59.3 Å². The first-order valence-electron chi connectivity index (χ1n) is 8.42. The minimum Gasteiger partial charge on any atom is -0.462 e. The summed E-state index contributed by atoms with van der Waals surface area (Å²) in [5.74, 6) is 0.628. The summed E-state index contributed by atoms with van der Waals surface area (Å²) in [7, 11) is 0. The standard InChI is InChI=1S/C16H26F3N3O2/c1-10(2)13-6-4-11(3)8-14(13)24-15(23)7-5-12(21-22-20)9-16(17,18)19/h10-14H,4-9H2,1-3H3. The van der Waals surface area contributed by atoms with Crippen LogP contribution in [0.5, 0.6) is 0 Å². The number of hydrogen-bond donors (Lipinski definition) is 0. The second-order valence-corrected chi connectivity index (χ2v) is 7.07. The van der Waals surface area contributed by atoms with Crippen molar-refractivity contribution in [3.63, 3.8) is 0 Å². The summed E-state index contributed by atoms with van der Waals surface area (Å²) in [6, 6.07) is -1.27. The fourth-order valence-corrected chi connectivity index (χ4v) is 3.30. The largest absolute Gasteiger partial charge is 0.462 e. The van der Waals surface area contributed by atoms with Crippen molar-refractivity contribution >= 4 is 5.97 Å². The van der Waals surface area contributed by atoms with Crippen molar-refractivity contribution in [2.45, 2.75) is 77.6 Å². The molecule has 0 heterocycles. The molecule has 1 aliphatic carbocycles. The average Bonchev–Trinajstić information content (AvgIpc) is 2.43. The van der Waals surface area contributed by atoms with Crippen molar-refractivity contribution in [2.24, 2.45) is 22.9 Å². The molecule has 8 heteroatoms. The lowest BCUT2D eigenvalue weighted by atomic mass is 9.75. The molecule has 0 radical (unpaired) electrons. The van der Waals surface area contributed by atoms with Crippen molar-refractivity contribution in [2.75, 3.05) is 0 Å². The lowest BCUT2D eigenvalue weighted by Crippen LogP contribution is -2.36. The van der Waals surface area contributed by atoms with Crippen LogP contribution in [0.15, 0.2) is 5.11 Å². The molecule has 24 heavy (non-hydrogen) atoms. The number of nitrogens with zero attached hydrogens (tertiary/aromatic N) is 3. The zero-order valence-electron chi connectivity index (χ0n) is 14.4. The van der Waals surface area contributed by atoms with E-state index in [4.69, 9.17) is 10.3 Å². The Kier molecular flexibility index (Phi) is 7.87. The fourth-order valence-electron chi connectivity index (χ4n) is 3.30. The van der Waals surface area contributed by atoms with Crippen molar-refractivity contribution in [3.8, 4) is 0 Å². The molecule has 0 aliphatic heterocycles. The Morgan fingerprint density at radius 1 is 1.38 bits per heavy atom. The van der Waals surface area contributed by atoms with Crippen LogP contribution in [0.3, 0.4) is 0 Å². The molecular weight excluding hydrogens is 323 g/mol. The Morgan fingerprint density at radius 2 is 2.04 bits per heavy atom. The van der Waals surface area contributed by atoms with E-state index in [0.29, 0.717) is 11.8 Å². The van der Waals surface area contributed by atoms with E-state index >= 15 is 0 Å². The highest BCUT2D eigenvalue weighted by atomic mass is 19.4. The van der Waals surface area contributed by atoms with Gasteiger partial charge in [0.25, 0.3) is 0 Å². The maximum atomic E-state index is 12.4. The predicted molar refractivity (Wildman–Crippen MR) is 84.1 cm³/mol. The minimum atomic E-state index is -4.43. The Hall–Kier alpha value is -1.43. The molecular formula is C16H26F3N3O2. The first-order chi connectivity index (χ1) is 11.1. The number of rotatable bonds is 7. The predicted octanol–water partition coefficient (Wildman–Crippen LogP) is 5.40. The van der Waals surface area contributed by atoms with Gasteiger partial charge in [0.05, 0.1) is 6.42 Å². The first-order valence-corrected chi connectivity index (χ1v) is 8.42.